The van der Waals surface area contributed by atoms with Crippen LogP contribution >= 0.6 is 0 Å². The molecule has 0 radical (unpaired) electrons. The number of anilines is 1. The fourth-order valence-corrected chi connectivity index (χ4v) is 1.84. The summed E-state index contributed by atoms with van der Waals surface area (Å²) in [5.41, 5.74) is 0.948. The topological polar surface area (TPSA) is 55.3 Å². The van der Waals surface area contributed by atoms with Crippen molar-refractivity contribution in [3.63, 3.8) is 0 Å². The van der Waals surface area contributed by atoms with Crippen molar-refractivity contribution in [2.45, 2.75) is 13.8 Å². The summed E-state index contributed by atoms with van der Waals surface area (Å²) in [5.74, 6) is 1.50. The third kappa shape index (κ3) is 1.98. The van der Waals surface area contributed by atoms with E-state index in [1.807, 2.05) is 19.9 Å². The highest BCUT2D eigenvalue weighted by molar-refractivity contribution is 5.76. The first-order valence-corrected chi connectivity index (χ1v) is 5.25. The van der Waals surface area contributed by atoms with Crippen molar-refractivity contribution < 1.29 is 9.53 Å². The quantitative estimate of drug-likeness (QED) is 0.688. The third-order valence-corrected chi connectivity index (χ3v) is 2.69. The van der Waals surface area contributed by atoms with E-state index in [-0.39, 0.29) is 11.9 Å². The highest BCUT2D eigenvalue weighted by Crippen LogP contribution is 2.23. The minimum atomic E-state index is -0.140. The Bertz CT molecular complexity index is 393. The number of ether oxygens (including phenoxy) is 1. The Morgan fingerprint density at radius 2 is 2.12 bits per heavy atom. The maximum absolute atomic E-state index is 11.2. The first kappa shape index (κ1) is 10.9. The lowest BCUT2D eigenvalue weighted by molar-refractivity contribution is -0.146. The molecule has 0 atom stereocenters. The van der Waals surface area contributed by atoms with Gasteiger partial charge in [0, 0.05) is 24.8 Å². The van der Waals surface area contributed by atoms with Gasteiger partial charge in [0.1, 0.15) is 11.6 Å². The maximum atomic E-state index is 11.2. The first-order chi connectivity index (χ1) is 7.60. The number of rotatable bonds is 2. The molecule has 0 amide bonds. The molecule has 0 aromatic carbocycles. The van der Waals surface area contributed by atoms with E-state index in [1.165, 1.54) is 7.11 Å². The summed E-state index contributed by atoms with van der Waals surface area (Å²) >= 11 is 0. The molecule has 0 spiro atoms. The van der Waals surface area contributed by atoms with Crippen LogP contribution in [0.2, 0.25) is 0 Å². The zero-order chi connectivity index (χ0) is 11.7. The van der Waals surface area contributed by atoms with E-state index in [1.54, 1.807) is 0 Å². The summed E-state index contributed by atoms with van der Waals surface area (Å²) in [5, 5.41) is 0. The van der Waals surface area contributed by atoms with Gasteiger partial charge in [0.25, 0.3) is 0 Å². The molecule has 0 N–H and O–H groups in total. The summed E-state index contributed by atoms with van der Waals surface area (Å²) in [6.45, 7) is 5.18. The van der Waals surface area contributed by atoms with Crippen molar-refractivity contribution in [1.29, 1.82) is 0 Å². The molecule has 1 aromatic rings. The van der Waals surface area contributed by atoms with Crippen LogP contribution in [0, 0.1) is 19.8 Å². The van der Waals surface area contributed by atoms with E-state index in [2.05, 4.69) is 19.6 Å². The number of methoxy groups -OCH3 is 1. The minimum absolute atomic E-state index is 0.0134. The Labute approximate surface area is 94.5 Å². The maximum Gasteiger partial charge on any atom is 0.312 e. The summed E-state index contributed by atoms with van der Waals surface area (Å²) in [6.07, 6.45) is 0. The van der Waals surface area contributed by atoms with Crippen LogP contribution in [-0.4, -0.2) is 36.1 Å². The lowest BCUT2D eigenvalue weighted by Gasteiger charge is -2.38. The SMILES string of the molecule is COC(=O)C1CN(c2cc(C)nc(C)n2)C1. The van der Waals surface area contributed by atoms with Gasteiger partial charge in [0.2, 0.25) is 0 Å². The molecular weight excluding hydrogens is 206 g/mol. The molecule has 0 bridgehead atoms. The number of hydrogen-bond donors (Lipinski definition) is 0. The minimum Gasteiger partial charge on any atom is -0.469 e. The molecule has 1 saturated heterocycles. The van der Waals surface area contributed by atoms with Gasteiger partial charge in [-0.05, 0) is 13.8 Å². The zero-order valence-corrected chi connectivity index (χ0v) is 9.73. The Balaban J connectivity index is 2.04. The Morgan fingerprint density at radius 1 is 1.44 bits per heavy atom. The number of carbonyl (C=O) groups is 1. The van der Waals surface area contributed by atoms with Gasteiger partial charge in [-0.15, -0.1) is 0 Å². The fourth-order valence-electron chi connectivity index (χ4n) is 1.84. The molecule has 1 aliphatic heterocycles. The number of aryl methyl sites for hydroxylation is 2. The van der Waals surface area contributed by atoms with Crippen LogP contribution in [0.1, 0.15) is 11.5 Å². The van der Waals surface area contributed by atoms with E-state index in [4.69, 9.17) is 0 Å². The van der Waals surface area contributed by atoms with Crippen LogP contribution in [0.25, 0.3) is 0 Å². The van der Waals surface area contributed by atoms with Gasteiger partial charge >= 0.3 is 5.97 Å². The molecule has 1 fully saturated rings. The van der Waals surface area contributed by atoms with Crippen molar-refractivity contribution in [2.75, 3.05) is 25.1 Å². The summed E-state index contributed by atoms with van der Waals surface area (Å²) in [7, 11) is 1.42. The third-order valence-electron chi connectivity index (χ3n) is 2.69. The van der Waals surface area contributed by atoms with Gasteiger partial charge in [-0.1, -0.05) is 0 Å². The normalized spacial score (nSPS) is 15.8. The molecule has 5 heteroatoms. The van der Waals surface area contributed by atoms with Crippen LogP contribution in [0.15, 0.2) is 6.07 Å². The highest BCUT2D eigenvalue weighted by Gasteiger charge is 2.34. The van der Waals surface area contributed by atoms with Gasteiger partial charge in [0.05, 0.1) is 13.0 Å². The van der Waals surface area contributed by atoms with Crippen LogP contribution < -0.4 is 4.90 Å². The van der Waals surface area contributed by atoms with E-state index in [0.717, 1.165) is 17.3 Å². The van der Waals surface area contributed by atoms with E-state index in [0.29, 0.717) is 13.1 Å². The predicted molar refractivity (Wildman–Crippen MR) is 59.2 cm³/mol. The summed E-state index contributed by atoms with van der Waals surface area (Å²) < 4.78 is 4.69. The van der Waals surface area contributed by atoms with Crippen molar-refractivity contribution in [3.8, 4) is 0 Å². The zero-order valence-electron chi connectivity index (χ0n) is 9.73. The molecule has 1 aromatic heterocycles. The molecule has 0 saturated carbocycles. The average molecular weight is 221 g/mol. The van der Waals surface area contributed by atoms with Crippen molar-refractivity contribution in [3.05, 3.63) is 17.6 Å². The number of carbonyl (C=O) groups excluding carboxylic acids is 1. The summed E-state index contributed by atoms with van der Waals surface area (Å²) in [6, 6.07) is 1.93. The van der Waals surface area contributed by atoms with E-state index < -0.39 is 0 Å². The smallest absolute Gasteiger partial charge is 0.312 e. The lowest BCUT2D eigenvalue weighted by Crippen LogP contribution is -2.51. The lowest BCUT2D eigenvalue weighted by atomic mass is 10.0. The van der Waals surface area contributed by atoms with Gasteiger partial charge in [-0.3, -0.25) is 4.79 Å². The van der Waals surface area contributed by atoms with Gasteiger partial charge in [-0.2, -0.15) is 0 Å². The molecule has 0 unspecified atom stereocenters. The standard InChI is InChI=1S/C11H15N3O2/c1-7-4-10(13-8(2)12-7)14-5-9(6-14)11(15)16-3/h4,9H,5-6H2,1-3H3. The van der Waals surface area contributed by atoms with Crippen LogP contribution in [-0.2, 0) is 9.53 Å². The van der Waals surface area contributed by atoms with Gasteiger partial charge in [0.15, 0.2) is 0 Å². The molecule has 86 valence electrons. The van der Waals surface area contributed by atoms with Crippen LogP contribution in [0.4, 0.5) is 5.82 Å². The van der Waals surface area contributed by atoms with Crippen LogP contribution in [0.3, 0.4) is 0 Å². The Kier molecular flexibility index (Phi) is 2.77. The highest BCUT2D eigenvalue weighted by atomic mass is 16.5. The first-order valence-electron chi connectivity index (χ1n) is 5.25. The van der Waals surface area contributed by atoms with Crippen molar-refractivity contribution in [1.82, 2.24) is 9.97 Å². The molecule has 16 heavy (non-hydrogen) atoms. The van der Waals surface area contributed by atoms with E-state index >= 15 is 0 Å². The molecule has 0 aliphatic carbocycles. The molecule has 1 aliphatic rings. The second-order valence-corrected chi connectivity index (χ2v) is 4.04. The molecular formula is C11H15N3O2. The van der Waals surface area contributed by atoms with Crippen LogP contribution in [0.5, 0.6) is 0 Å². The monoisotopic (exact) mass is 221 g/mol. The molecule has 2 heterocycles. The Hall–Kier alpha value is -1.65. The Morgan fingerprint density at radius 3 is 2.69 bits per heavy atom. The van der Waals surface area contributed by atoms with Gasteiger partial charge in [-0.25, -0.2) is 9.97 Å². The molecule has 2 rings (SSSR count). The van der Waals surface area contributed by atoms with Gasteiger partial charge < -0.3 is 9.64 Å². The number of hydrogen-bond acceptors (Lipinski definition) is 5. The van der Waals surface area contributed by atoms with Crippen molar-refractivity contribution in [2.24, 2.45) is 5.92 Å². The largest absolute Gasteiger partial charge is 0.469 e. The molecule has 5 nitrogen and oxygen atoms in total. The second kappa shape index (κ2) is 4.08. The number of aromatic nitrogens is 2. The average Bonchev–Trinajstić information content (AvgIpc) is 2.13. The van der Waals surface area contributed by atoms with Crippen molar-refractivity contribution >= 4 is 11.8 Å². The number of nitrogens with zero attached hydrogens (tertiary/aromatic N) is 3. The summed E-state index contributed by atoms with van der Waals surface area (Å²) in [4.78, 5) is 21.8. The second-order valence-electron chi connectivity index (χ2n) is 4.04. The number of esters is 1. The fraction of sp³-hybridized carbons (Fsp3) is 0.545. The predicted octanol–water partition coefficient (Wildman–Crippen LogP) is 0.703. The van der Waals surface area contributed by atoms with E-state index in [9.17, 15) is 4.79 Å².